The molecule has 1 aliphatic heterocycles. The van der Waals surface area contributed by atoms with E-state index in [0.717, 1.165) is 24.6 Å². The van der Waals surface area contributed by atoms with Gasteiger partial charge in [-0.3, -0.25) is 0 Å². The van der Waals surface area contributed by atoms with E-state index in [1.807, 2.05) is 12.1 Å². The molecule has 0 aromatic heterocycles. The highest BCUT2D eigenvalue weighted by molar-refractivity contribution is 5.97. The van der Waals surface area contributed by atoms with Gasteiger partial charge in [-0.25, -0.2) is 0 Å². The zero-order valence-electron chi connectivity index (χ0n) is 11.1. The zero-order chi connectivity index (χ0) is 13.1. The van der Waals surface area contributed by atoms with Crippen LogP contribution in [0.5, 0.6) is 0 Å². The van der Waals surface area contributed by atoms with Gasteiger partial charge in [-0.05, 0) is 49.4 Å². The van der Waals surface area contributed by atoms with Crippen molar-refractivity contribution in [3.63, 3.8) is 0 Å². The average Bonchev–Trinajstić information content (AvgIpc) is 2.37. The number of hydrogen-bond donors (Lipinski definition) is 2. The van der Waals surface area contributed by atoms with E-state index < -0.39 is 0 Å². The van der Waals surface area contributed by atoms with E-state index in [-0.39, 0.29) is 5.84 Å². The van der Waals surface area contributed by atoms with Gasteiger partial charge in [0.1, 0.15) is 0 Å². The van der Waals surface area contributed by atoms with Crippen molar-refractivity contribution >= 4 is 11.5 Å². The lowest BCUT2D eigenvalue weighted by Crippen LogP contribution is -2.34. The van der Waals surface area contributed by atoms with Gasteiger partial charge in [-0.15, -0.1) is 0 Å². The van der Waals surface area contributed by atoms with Gasteiger partial charge >= 0.3 is 0 Å². The van der Waals surface area contributed by atoms with Crippen LogP contribution in [0.4, 0.5) is 5.69 Å². The van der Waals surface area contributed by atoms with Gasteiger partial charge in [0, 0.05) is 24.3 Å². The van der Waals surface area contributed by atoms with Gasteiger partial charge in [-0.2, -0.15) is 0 Å². The van der Waals surface area contributed by atoms with Crippen LogP contribution in [-0.2, 0) is 0 Å². The summed E-state index contributed by atoms with van der Waals surface area (Å²) in [4.78, 5) is 2.43. The Labute approximate surface area is 108 Å². The third-order valence-corrected chi connectivity index (χ3v) is 3.60. The van der Waals surface area contributed by atoms with Gasteiger partial charge in [-0.1, -0.05) is 12.1 Å². The Morgan fingerprint density at radius 2 is 2.28 bits per heavy atom. The minimum absolute atomic E-state index is 0.164. The largest absolute Gasteiger partial charge is 0.409 e. The second-order valence-electron chi connectivity index (χ2n) is 5.18. The number of aryl methyl sites for hydroxylation is 1. The van der Waals surface area contributed by atoms with Crippen LogP contribution in [0.15, 0.2) is 23.4 Å². The maximum Gasteiger partial charge on any atom is 0.170 e. The van der Waals surface area contributed by atoms with E-state index in [9.17, 15) is 0 Å². The van der Waals surface area contributed by atoms with E-state index in [1.165, 1.54) is 24.1 Å². The fourth-order valence-corrected chi connectivity index (χ4v) is 2.64. The molecule has 1 fully saturated rings. The summed E-state index contributed by atoms with van der Waals surface area (Å²) >= 11 is 0. The van der Waals surface area contributed by atoms with Crippen molar-refractivity contribution in [1.29, 1.82) is 0 Å². The molecule has 0 bridgehead atoms. The standard InChI is InChI=1S/C14H21N3O/c1-10-4-3-7-17(9-10)13-6-5-12(8-11(13)2)14(15)16-18/h5-6,8,10,18H,3-4,7,9H2,1-2H3,(H2,15,16). The quantitative estimate of drug-likeness (QED) is 0.365. The normalized spacial score (nSPS) is 21.1. The number of oxime groups is 1. The molecule has 18 heavy (non-hydrogen) atoms. The van der Waals surface area contributed by atoms with Crippen molar-refractivity contribution in [2.45, 2.75) is 26.7 Å². The first kappa shape index (κ1) is 12.7. The molecule has 4 heteroatoms. The first-order chi connectivity index (χ1) is 8.61. The van der Waals surface area contributed by atoms with Gasteiger partial charge < -0.3 is 15.8 Å². The lowest BCUT2D eigenvalue weighted by atomic mass is 9.98. The SMILES string of the molecule is Cc1cc(/C(N)=N/O)ccc1N1CCCC(C)C1. The summed E-state index contributed by atoms with van der Waals surface area (Å²) in [6, 6.07) is 5.96. The molecule has 1 aromatic carbocycles. The van der Waals surface area contributed by atoms with Crippen LogP contribution in [0.1, 0.15) is 30.9 Å². The summed E-state index contributed by atoms with van der Waals surface area (Å²) in [6.45, 7) is 6.60. The van der Waals surface area contributed by atoms with Gasteiger partial charge in [0.25, 0.3) is 0 Å². The van der Waals surface area contributed by atoms with Crippen LogP contribution in [0.25, 0.3) is 0 Å². The topological polar surface area (TPSA) is 61.9 Å². The number of anilines is 1. The third-order valence-electron chi connectivity index (χ3n) is 3.60. The number of amidine groups is 1. The van der Waals surface area contributed by atoms with Gasteiger partial charge in [0.2, 0.25) is 0 Å². The first-order valence-electron chi connectivity index (χ1n) is 6.45. The number of nitrogens with zero attached hydrogens (tertiary/aromatic N) is 2. The van der Waals surface area contributed by atoms with Crippen LogP contribution in [0.2, 0.25) is 0 Å². The highest BCUT2D eigenvalue weighted by Crippen LogP contribution is 2.26. The lowest BCUT2D eigenvalue weighted by Gasteiger charge is -2.34. The van der Waals surface area contributed by atoms with Crippen LogP contribution >= 0.6 is 0 Å². The fourth-order valence-electron chi connectivity index (χ4n) is 2.64. The summed E-state index contributed by atoms with van der Waals surface area (Å²) in [5, 5.41) is 11.7. The maximum atomic E-state index is 8.68. The van der Waals surface area contributed by atoms with Crippen LogP contribution < -0.4 is 10.6 Å². The molecule has 4 nitrogen and oxygen atoms in total. The first-order valence-corrected chi connectivity index (χ1v) is 6.45. The Balaban J connectivity index is 2.24. The minimum Gasteiger partial charge on any atom is -0.409 e. The Morgan fingerprint density at radius 1 is 1.50 bits per heavy atom. The van der Waals surface area contributed by atoms with E-state index in [4.69, 9.17) is 10.9 Å². The molecule has 1 heterocycles. The number of piperidine rings is 1. The molecule has 1 unspecified atom stereocenters. The molecule has 0 aliphatic carbocycles. The molecule has 0 amide bonds. The van der Waals surface area contributed by atoms with E-state index in [2.05, 4.69) is 30.0 Å². The molecule has 1 saturated heterocycles. The molecule has 2 rings (SSSR count). The predicted molar refractivity (Wildman–Crippen MR) is 74.3 cm³/mol. The Hall–Kier alpha value is -1.71. The smallest absolute Gasteiger partial charge is 0.170 e. The van der Waals surface area contributed by atoms with E-state index in [1.54, 1.807) is 0 Å². The molecule has 1 aromatic rings. The molecule has 3 N–H and O–H groups in total. The summed E-state index contributed by atoms with van der Waals surface area (Å²) in [7, 11) is 0. The number of hydrogen-bond acceptors (Lipinski definition) is 3. The molecule has 0 spiro atoms. The molecule has 1 aliphatic rings. The molecule has 0 saturated carbocycles. The van der Waals surface area contributed by atoms with Gasteiger partial charge in [0.05, 0.1) is 0 Å². The minimum atomic E-state index is 0.164. The maximum absolute atomic E-state index is 8.68. The second kappa shape index (κ2) is 5.29. The van der Waals surface area contributed by atoms with Crippen molar-refractivity contribution in [2.24, 2.45) is 16.8 Å². The Kier molecular flexibility index (Phi) is 3.75. The van der Waals surface area contributed by atoms with Crippen molar-refractivity contribution in [2.75, 3.05) is 18.0 Å². The second-order valence-corrected chi connectivity index (χ2v) is 5.18. The number of benzene rings is 1. The fraction of sp³-hybridized carbons (Fsp3) is 0.500. The monoisotopic (exact) mass is 247 g/mol. The molecule has 0 radical (unpaired) electrons. The van der Waals surface area contributed by atoms with Crippen molar-refractivity contribution in [3.8, 4) is 0 Å². The number of rotatable bonds is 2. The summed E-state index contributed by atoms with van der Waals surface area (Å²) in [5.74, 6) is 0.915. The third kappa shape index (κ3) is 2.58. The molecular weight excluding hydrogens is 226 g/mol. The van der Waals surface area contributed by atoms with E-state index in [0.29, 0.717) is 0 Å². The van der Waals surface area contributed by atoms with Crippen molar-refractivity contribution < 1.29 is 5.21 Å². The zero-order valence-corrected chi connectivity index (χ0v) is 11.1. The average molecular weight is 247 g/mol. The summed E-state index contributed by atoms with van der Waals surface area (Å²) < 4.78 is 0. The van der Waals surface area contributed by atoms with Crippen LogP contribution in [-0.4, -0.2) is 24.1 Å². The molecular formula is C14H21N3O. The van der Waals surface area contributed by atoms with Crippen molar-refractivity contribution in [1.82, 2.24) is 0 Å². The van der Waals surface area contributed by atoms with Crippen molar-refractivity contribution in [3.05, 3.63) is 29.3 Å². The van der Waals surface area contributed by atoms with Crippen LogP contribution in [0, 0.1) is 12.8 Å². The van der Waals surface area contributed by atoms with Gasteiger partial charge in [0.15, 0.2) is 5.84 Å². The predicted octanol–water partition coefficient (Wildman–Crippen LogP) is 2.33. The highest BCUT2D eigenvalue weighted by Gasteiger charge is 2.18. The molecule has 1 atom stereocenters. The Morgan fingerprint density at radius 3 is 2.89 bits per heavy atom. The Bertz CT molecular complexity index is 456. The summed E-state index contributed by atoms with van der Waals surface area (Å²) in [6.07, 6.45) is 2.57. The number of nitrogens with two attached hydrogens (primary N) is 1. The lowest BCUT2D eigenvalue weighted by molar-refractivity contribution is 0.318. The highest BCUT2D eigenvalue weighted by atomic mass is 16.4. The van der Waals surface area contributed by atoms with E-state index >= 15 is 0 Å². The summed E-state index contributed by atoms with van der Waals surface area (Å²) in [5.41, 5.74) is 8.80. The molecule has 98 valence electrons. The van der Waals surface area contributed by atoms with Crippen LogP contribution in [0.3, 0.4) is 0 Å².